The molecule has 0 unspecified atom stereocenters. The molecule has 1 aliphatic heterocycles. The Bertz CT molecular complexity index is 992. The zero-order valence-electron chi connectivity index (χ0n) is 16.7. The number of imidazole rings is 1. The van der Waals surface area contributed by atoms with Gasteiger partial charge < -0.3 is 24.8 Å². The van der Waals surface area contributed by atoms with Gasteiger partial charge in [-0.1, -0.05) is 12.1 Å². The van der Waals surface area contributed by atoms with Crippen LogP contribution in [0.25, 0.3) is 11.0 Å². The summed E-state index contributed by atoms with van der Waals surface area (Å²) in [5, 5.41) is 5.34. The second-order valence-electron chi connectivity index (χ2n) is 6.98. The minimum Gasteiger partial charge on any atom is -0.497 e. The molecule has 1 saturated heterocycles. The van der Waals surface area contributed by atoms with E-state index in [1.807, 2.05) is 48.5 Å². The first kappa shape index (κ1) is 19.6. The van der Waals surface area contributed by atoms with Crippen LogP contribution in [0.3, 0.4) is 0 Å². The van der Waals surface area contributed by atoms with Gasteiger partial charge in [-0.3, -0.25) is 10.1 Å². The number of hydrogen-bond donors (Lipinski definition) is 3. The minimum atomic E-state index is -0.334. The summed E-state index contributed by atoms with van der Waals surface area (Å²) in [6, 6.07) is 15.1. The number of benzene rings is 2. The molecule has 0 saturated carbocycles. The van der Waals surface area contributed by atoms with Gasteiger partial charge in [-0.2, -0.15) is 0 Å². The standard InChI is InChI=1S/C21H24N6O3/c1-30-16-8-6-15(7-9-16)26-10-12-27(13-11-26)21(29)22-14-19(28)25-20-23-17-4-2-3-5-18(17)24-20/h2-9H,10-14H2,1H3,(H,22,29)(H2,23,24,25,28). The number of H-pyrrole nitrogens is 1. The number of ether oxygens (including phenoxy) is 1. The average Bonchev–Trinajstić information content (AvgIpc) is 3.20. The van der Waals surface area contributed by atoms with Crippen LogP contribution in [0.2, 0.25) is 0 Å². The van der Waals surface area contributed by atoms with Crippen LogP contribution in [-0.2, 0) is 4.79 Å². The third-order valence-electron chi connectivity index (χ3n) is 5.05. The predicted molar refractivity (Wildman–Crippen MR) is 115 cm³/mol. The average molecular weight is 408 g/mol. The van der Waals surface area contributed by atoms with Crippen molar-refractivity contribution in [3.8, 4) is 5.75 Å². The van der Waals surface area contributed by atoms with Crippen molar-refractivity contribution in [1.29, 1.82) is 0 Å². The van der Waals surface area contributed by atoms with Crippen LogP contribution in [0.15, 0.2) is 48.5 Å². The number of aromatic amines is 1. The molecule has 2 aromatic carbocycles. The number of piperazine rings is 1. The van der Waals surface area contributed by atoms with Crippen molar-refractivity contribution in [1.82, 2.24) is 20.2 Å². The number of fused-ring (bicyclic) bond motifs is 1. The second-order valence-corrected chi connectivity index (χ2v) is 6.98. The predicted octanol–water partition coefficient (Wildman–Crippen LogP) is 2.04. The van der Waals surface area contributed by atoms with Crippen LogP contribution in [0.4, 0.5) is 16.4 Å². The molecule has 0 radical (unpaired) electrons. The van der Waals surface area contributed by atoms with Crippen molar-refractivity contribution in [3.05, 3.63) is 48.5 Å². The Balaban J connectivity index is 1.23. The summed E-state index contributed by atoms with van der Waals surface area (Å²) in [6.07, 6.45) is 0. The molecule has 30 heavy (non-hydrogen) atoms. The Morgan fingerprint density at radius 1 is 1.07 bits per heavy atom. The Labute approximate surface area is 174 Å². The highest BCUT2D eigenvalue weighted by Crippen LogP contribution is 2.20. The fourth-order valence-corrected chi connectivity index (χ4v) is 3.42. The molecule has 1 fully saturated rings. The van der Waals surface area contributed by atoms with Crippen molar-refractivity contribution in [2.75, 3.05) is 50.1 Å². The molecule has 0 spiro atoms. The van der Waals surface area contributed by atoms with E-state index in [0.717, 1.165) is 35.6 Å². The topological polar surface area (TPSA) is 103 Å². The monoisotopic (exact) mass is 408 g/mol. The summed E-state index contributed by atoms with van der Waals surface area (Å²) in [7, 11) is 1.64. The molecular weight excluding hydrogens is 384 g/mol. The van der Waals surface area contributed by atoms with Crippen molar-refractivity contribution < 1.29 is 14.3 Å². The van der Waals surface area contributed by atoms with Gasteiger partial charge in [0.15, 0.2) is 0 Å². The quantitative estimate of drug-likeness (QED) is 0.600. The first-order valence-electron chi connectivity index (χ1n) is 9.79. The zero-order chi connectivity index (χ0) is 20.9. The normalized spacial score (nSPS) is 13.9. The number of hydrogen-bond acceptors (Lipinski definition) is 5. The SMILES string of the molecule is COc1ccc(N2CCN(C(=O)NCC(=O)Nc3nc4ccccc4[nH]3)CC2)cc1. The van der Waals surface area contributed by atoms with Gasteiger partial charge >= 0.3 is 6.03 Å². The van der Waals surface area contributed by atoms with E-state index in [2.05, 4.69) is 25.5 Å². The number of methoxy groups -OCH3 is 1. The van der Waals surface area contributed by atoms with Gasteiger partial charge in [-0.25, -0.2) is 9.78 Å². The van der Waals surface area contributed by atoms with Gasteiger partial charge in [0.05, 0.1) is 24.7 Å². The van der Waals surface area contributed by atoms with E-state index >= 15 is 0 Å². The summed E-state index contributed by atoms with van der Waals surface area (Å²) >= 11 is 0. The maximum Gasteiger partial charge on any atom is 0.317 e. The van der Waals surface area contributed by atoms with E-state index in [9.17, 15) is 9.59 Å². The molecule has 9 nitrogen and oxygen atoms in total. The molecule has 156 valence electrons. The second kappa shape index (κ2) is 8.73. The lowest BCUT2D eigenvalue weighted by Crippen LogP contribution is -2.52. The fraction of sp³-hybridized carbons (Fsp3) is 0.286. The number of nitrogens with one attached hydrogen (secondary N) is 3. The first-order valence-corrected chi connectivity index (χ1v) is 9.79. The Hall–Kier alpha value is -3.75. The molecule has 0 aliphatic carbocycles. The number of nitrogens with zero attached hydrogens (tertiary/aromatic N) is 3. The maximum absolute atomic E-state index is 12.4. The van der Waals surface area contributed by atoms with Crippen LogP contribution in [0.1, 0.15) is 0 Å². The van der Waals surface area contributed by atoms with Crippen molar-refractivity contribution >= 4 is 34.6 Å². The van der Waals surface area contributed by atoms with E-state index in [1.165, 1.54) is 0 Å². The highest BCUT2D eigenvalue weighted by molar-refractivity contribution is 5.94. The number of amides is 3. The molecule has 0 bridgehead atoms. The first-order chi connectivity index (χ1) is 14.6. The fourth-order valence-electron chi connectivity index (χ4n) is 3.42. The van der Waals surface area contributed by atoms with Crippen molar-refractivity contribution in [2.24, 2.45) is 0 Å². The van der Waals surface area contributed by atoms with E-state index in [4.69, 9.17) is 4.74 Å². The molecule has 2 heterocycles. The van der Waals surface area contributed by atoms with Crippen LogP contribution in [-0.4, -0.2) is 66.6 Å². The van der Waals surface area contributed by atoms with Gasteiger partial charge in [0.25, 0.3) is 0 Å². The molecular formula is C21H24N6O3. The smallest absolute Gasteiger partial charge is 0.317 e. The molecule has 3 N–H and O–H groups in total. The third kappa shape index (κ3) is 4.45. The lowest BCUT2D eigenvalue weighted by atomic mass is 10.2. The number of urea groups is 1. The number of carbonyl (C=O) groups is 2. The molecule has 4 rings (SSSR count). The summed E-state index contributed by atoms with van der Waals surface area (Å²) in [6.45, 7) is 2.51. The number of aromatic nitrogens is 2. The largest absolute Gasteiger partial charge is 0.497 e. The minimum absolute atomic E-state index is 0.116. The number of anilines is 2. The summed E-state index contributed by atoms with van der Waals surface area (Å²) in [5.41, 5.74) is 2.71. The molecule has 1 aromatic heterocycles. The summed E-state index contributed by atoms with van der Waals surface area (Å²) in [4.78, 5) is 35.8. The lowest BCUT2D eigenvalue weighted by molar-refractivity contribution is -0.115. The van der Waals surface area contributed by atoms with E-state index in [0.29, 0.717) is 19.0 Å². The molecule has 3 aromatic rings. The molecule has 3 amide bonds. The van der Waals surface area contributed by atoms with Gasteiger partial charge in [-0.05, 0) is 36.4 Å². The molecule has 1 aliphatic rings. The zero-order valence-corrected chi connectivity index (χ0v) is 16.7. The highest BCUT2D eigenvalue weighted by Gasteiger charge is 2.21. The van der Waals surface area contributed by atoms with Crippen molar-refractivity contribution in [3.63, 3.8) is 0 Å². The van der Waals surface area contributed by atoms with Gasteiger partial charge in [-0.15, -0.1) is 0 Å². The third-order valence-corrected chi connectivity index (χ3v) is 5.05. The Morgan fingerprint density at radius 2 is 1.80 bits per heavy atom. The molecule has 0 atom stereocenters. The number of carbonyl (C=O) groups excluding carboxylic acids is 2. The van der Waals surface area contributed by atoms with Gasteiger partial charge in [0.2, 0.25) is 11.9 Å². The van der Waals surface area contributed by atoms with Crippen LogP contribution in [0, 0.1) is 0 Å². The number of para-hydroxylation sites is 2. The van der Waals surface area contributed by atoms with Crippen molar-refractivity contribution in [2.45, 2.75) is 0 Å². The van der Waals surface area contributed by atoms with E-state index in [1.54, 1.807) is 12.0 Å². The Morgan fingerprint density at radius 3 is 2.50 bits per heavy atom. The van der Waals surface area contributed by atoms with Gasteiger partial charge in [0, 0.05) is 31.9 Å². The number of rotatable bonds is 5. The van der Waals surface area contributed by atoms with Gasteiger partial charge in [0.1, 0.15) is 5.75 Å². The lowest BCUT2D eigenvalue weighted by Gasteiger charge is -2.36. The molecule has 9 heteroatoms. The van der Waals surface area contributed by atoms with Crippen LogP contribution in [0.5, 0.6) is 5.75 Å². The van der Waals surface area contributed by atoms with Crippen LogP contribution >= 0.6 is 0 Å². The van der Waals surface area contributed by atoms with Crippen LogP contribution < -0.4 is 20.3 Å². The summed E-state index contributed by atoms with van der Waals surface area (Å²) < 4.78 is 5.19. The Kier molecular flexibility index (Phi) is 5.69. The highest BCUT2D eigenvalue weighted by atomic mass is 16.5. The maximum atomic E-state index is 12.4. The summed E-state index contributed by atoms with van der Waals surface area (Å²) in [5.74, 6) is 0.848. The van der Waals surface area contributed by atoms with E-state index < -0.39 is 0 Å². The van der Waals surface area contributed by atoms with E-state index in [-0.39, 0.29) is 18.5 Å².